The highest BCUT2D eigenvalue weighted by Gasteiger charge is 2.27. The SMILES string of the molecule is CCN(CC)CCN1Cc2ccc(N)cc2C1=O. The molecule has 0 aliphatic carbocycles. The van der Waals surface area contributed by atoms with Crippen molar-refractivity contribution in [1.82, 2.24) is 9.80 Å². The predicted molar refractivity (Wildman–Crippen MR) is 73.4 cm³/mol. The summed E-state index contributed by atoms with van der Waals surface area (Å²) in [5.41, 5.74) is 8.25. The van der Waals surface area contributed by atoms with Crippen molar-refractivity contribution in [3.05, 3.63) is 29.3 Å². The van der Waals surface area contributed by atoms with E-state index in [-0.39, 0.29) is 5.91 Å². The van der Waals surface area contributed by atoms with E-state index in [0.717, 1.165) is 43.9 Å². The summed E-state index contributed by atoms with van der Waals surface area (Å²) in [5.74, 6) is 0.115. The van der Waals surface area contributed by atoms with E-state index in [0.29, 0.717) is 5.69 Å². The van der Waals surface area contributed by atoms with Crippen LogP contribution < -0.4 is 5.73 Å². The van der Waals surface area contributed by atoms with Gasteiger partial charge in [-0.1, -0.05) is 19.9 Å². The molecule has 0 aromatic heterocycles. The number of nitrogen functional groups attached to an aromatic ring is 1. The Hall–Kier alpha value is -1.55. The molecular formula is C14H21N3O. The molecule has 0 radical (unpaired) electrons. The minimum Gasteiger partial charge on any atom is -0.399 e. The van der Waals surface area contributed by atoms with Gasteiger partial charge >= 0.3 is 0 Å². The number of benzene rings is 1. The monoisotopic (exact) mass is 247 g/mol. The van der Waals surface area contributed by atoms with Crippen molar-refractivity contribution in [1.29, 1.82) is 0 Å². The van der Waals surface area contributed by atoms with Gasteiger partial charge in [-0.2, -0.15) is 0 Å². The molecule has 4 heteroatoms. The van der Waals surface area contributed by atoms with Crippen molar-refractivity contribution in [3.63, 3.8) is 0 Å². The summed E-state index contributed by atoms with van der Waals surface area (Å²) in [6, 6.07) is 5.61. The second-order valence-corrected chi connectivity index (χ2v) is 4.67. The van der Waals surface area contributed by atoms with Gasteiger partial charge in [-0.25, -0.2) is 0 Å². The molecule has 0 saturated carbocycles. The summed E-state index contributed by atoms with van der Waals surface area (Å²) in [6.07, 6.45) is 0. The normalized spacial score (nSPS) is 14.4. The number of amides is 1. The second-order valence-electron chi connectivity index (χ2n) is 4.67. The third-order valence-corrected chi connectivity index (χ3v) is 3.59. The Bertz CT molecular complexity index is 441. The molecule has 1 aromatic rings. The molecule has 0 spiro atoms. The van der Waals surface area contributed by atoms with Crippen LogP contribution in [0.4, 0.5) is 5.69 Å². The average molecular weight is 247 g/mol. The van der Waals surface area contributed by atoms with Crippen LogP contribution in [0.1, 0.15) is 29.8 Å². The zero-order chi connectivity index (χ0) is 13.1. The summed E-state index contributed by atoms with van der Waals surface area (Å²) >= 11 is 0. The molecule has 2 rings (SSSR count). The van der Waals surface area contributed by atoms with Crippen molar-refractivity contribution in [2.45, 2.75) is 20.4 Å². The van der Waals surface area contributed by atoms with Crippen LogP contribution in [0.2, 0.25) is 0 Å². The number of carbonyl (C=O) groups excluding carboxylic acids is 1. The molecule has 0 atom stereocenters. The molecule has 18 heavy (non-hydrogen) atoms. The Labute approximate surface area is 108 Å². The van der Waals surface area contributed by atoms with Crippen LogP contribution in [-0.4, -0.2) is 41.9 Å². The average Bonchev–Trinajstić information content (AvgIpc) is 2.68. The van der Waals surface area contributed by atoms with E-state index in [9.17, 15) is 4.79 Å². The molecule has 1 aromatic carbocycles. The minimum atomic E-state index is 0.115. The number of fused-ring (bicyclic) bond motifs is 1. The summed E-state index contributed by atoms with van der Waals surface area (Å²) in [5, 5.41) is 0. The lowest BCUT2D eigenvalue weighted by molar-refractivity contribution is 0.0760. The highest BCUT2D eigenvalue weighted by Crippen LogP contribution is 2.24. The van der Waals surface area contributed by atoms with Gasteiger partial charge < -0.3 is 15.5 Å². The maximum atomic E-state index is 12.2. The number of likely N-dealkylation sites (N-methyl/N-ethyl adjacent to an activating group) is 1. The van der Waals surface area contributed by atoms with Crippen molar-refractivity contribution in [3.8, 4) is 0 Å². The zero-order valence-electron chi connectivity index (χ0n) is 11.1. The third-order valence-electron chi connectivity index (χ3n) is 3.59. The van der Waals surface area contributed by atoms with Gasteiger partial charge in [0.1, 0.15) is 0 Å². The summed E-state index contributed by atoms with van der Waals surface area (Å²) < 4.78 is 0. The first-order chi connectivity index (χ1) is 8.65. The predicted octanol–water partition coefficient (Wildman–Crippen LogP) is 1.57. The molecular weight excluding hydrogens is 226 g/mol. The number of anilines is 1. The van der Waals surface area contributed by atoms with E-state index in [2.05, 4.69) is 18.7 Å². The van der Waals surface area contributed by atoms with Crippen molar-refractivity contribution < 1.29 is 4.79 Å². The van der Waals surface area contributed by atoms with Crippen LogP contribution in [0.15, 0.2) is 18.2 Å². The van der Waals surface area contributed by atoms with Gasteiger partial charge in [0.2, 0.25) is 0 Å². The van der Waals surface area contributed by atoms with Gasteiger partial charge in [0.25, 0.3) is 5.91 Å². The van der Waals surface area contributed by atoms with Gasteiger partial charge in [-0.15, -0.1) is 0 Å². The fraction of sp³-hybridized carbons (Fsp3) is 0.500. The molecule has 98 valence electrons. The van der Waals surface area contributed by atoms with E-state index in [1.807, 2.05) is 17.0 Å². The van der Waals surface area contributed by atoms with Gasteiger partial charge in [0, 0.05) is 30.9 Å². The maximum Gasteiger partial charge on any atom is 0.254 e. The van der Waals surface area contributed by atoms with Gasteiger partial charge in [0.15, 0.2) is 0 Å². The Morgan fingerprint density at radius 3 is 2.72 bits per heavy atom. The first-order valence-electron chi connectivity index (χ1n) is 6.55. The summed E-state index contributed by atoms with van der Waals surface area (Å²) in [6.45, 7) is 8.78. The number of carbonyl (C=O) groups is 1. The Morgan fingerprint density at radius 2 is 2.06 bits per heavy atom. The van der Waals surface area contributed by atoms with Crippen LogP contribution in [0.5, 0.6) is 0 Å². The van der Waals surface area contributed by atoms with Gasteiger partial charge in [-0.3, -0.25) is 4.79 Å². The topological polar surface area (TPSA) is 49.6 Å². The minimum absolute atomic E-state index is 0.115. The van der Waals surface area contributed by atoms with E-state index in [1.165, 1.54) is 0 Å². The second kappa shape index (κ2) is 5.40. The van der Waals surface area contributed by atoms with Crippen LogP contribution in [-0.2, 0) is 6.54 Å². The fourth-order valence-electron chi connectivity index (χ4n) is 2.36. The van der Waals surface area contributed by atoms with Gasteiger partial charge in [0.05, 0.1) is 0 Å². The molecule has 0 fully saturated rings. The van der Waals surface area contributed by atoms with E-state index < -0.39 is 0 Å². The van der Waals surface area contributed by atoms with Crippen LogP contribution >= 0.6 is 0 Å². The van der Waals surface area contributed by atoms with Crippen LogP contribution in [0.3, 0.4) is 0 Å². The molecule has 1 heterocycles. The summed E-state index contributed by atoms with van der Waals surface area (Å²) in [4.78, 5) is 16.4. The molecule has 0 saturated heterocycles. The lowest BCUT2D eigenvalue weighted by atomic mass is 10.1. The Balaban J connectivity index is 2.01. The lowest BCUT2D eigenvalue weighted by Gasteiger charge is -2.22. The quantitative estimate of drug-likeness (QED) is 0.803. The smallest absolute Gasteiger partial charge is 0.254 e. The highest BCUT2D eigenvalue weighted by molar-refractivity contribution is 5.99. The molecule has 2 N–H and O–H groups in total. The van der Waals surface area contributed by atoms with Crippen molar-refractivity contribution in [2.24, 2.45) is 0 Å². The molecule has 4 nitrogen and oxygen atoms in total. The van der Waals surface area contributed by atoms with E-state index in [4.69, 9.17) is 5.73 Å². The lowest BCUT2D eigenvalue weighted by Crippen LogP contribution is -2.35. The largest absolute Gasteiger partial charge is 0.399 e. The number of hydrogen-bond donors (Lipinski definition) is 1. The highest BCUT2D eigenvalue weighted by atomic mass is 16.2. The fourth-order valence-corrected chi connectivity index (χ4v) is 2.36. The number of nitrogens with two attached hydrogens (primary N) is 1. The van der Waals surface area contributed by atoms with Crippen molar-refractivity contribution in [2.75, 3.05) is 31.9 Å². The molecule has 1 aliphatic rings. The van der Waals surface area contributed by atoms with E-state index >= 15 is 0 Å². The third kappa shape index (κ3) is 2.48. The summed E-state index contributed by atoms with van der Waals surface area (Å²) in [7, 11) is 0. The number of rotatable bonds is 5. The molecule has 1 aliphatic heterocycles. The maximum absolute atomic E-state index is 12.2. The van der Waals surface area contributed by atoms with Crippen LogP contribution in [0, 0.1) is 0 Å². The first kappa shape index (κ1) is 12.9. The van der Waals surface area contributed by atoms with Crippen molar-refractivity contribution >= 4 is 11.6 Å². The molecule has 0 bridgehead atoms. The Morgan fingerprint density at radius 1 is 1.33 bits per heavy atom. The molecule has 0 unspecified atom stereocenters. The standard InChI is InChI=1S/C14H21N3O/c1-3-16(4-2)7-8-17-10-11-5-6-12(15)9-13(11)14(17)18/h5-6,9H,3-4,7-8,10,15H2,1-2H3. The van der Waals surface area contributed by atoms with Crippen LogP contribution in [0.25, 0.3) is 0 Å². The number of nitrogens with zero attached hydrogens (tertiary/aromatic N) is 2. The zero-order valence-corrected chi connectivity index (χ0v) is 11.1. The van der Waals surface area contributed by atoms with Gasteiger partial charge in [-0.05, 0) is 30.8 Å². The van der Waals surface area contributed by atoms with E-state index in [1.54, 1.807) is 6.07 Å². The molecule has 1 amide bonds. The first-order valence-corrected chi connectivity index (χ1v) is 6.55. The number of hydrogen-bond acceptors (Lipinski definition) is 3. The Kier molecular flexibility index (Phi) is 3.87.